The summed E-state index contributed by atoms with van der Waals surface area (Å²) >= 11 is 6.15. The summed E-state index contributed by atoms with van der Waals surface area (Å²) in [5.41, 5.74) is 6.73. The van der Waals surface area contributed by atoms with Gasteiger partial charge in [-0.1, -0.05) is 23.7 Å². The number of hydrogen-bond donors (Lipinski definition) is 3. The fraction of sp³-hybridized carbons (Fsp3) is 0.238. The molecule has 4 N–H and O–H groups in total. The fourth-order valence-electron chi connectivity index (χ4n) is 3.34. The molecule has 0 atom stereocenters. The summed E-state index contributed by atoms with van der Waals surface area (Å²) in [6.45, 7) is 0.665. The molecule has 2 aromatic carbocycles. The number of nitrogen functional groups attached to an aromatic ring is 1. The molecule has 0 unspecified atom stereocenters. The second-order valence-electron chi connectivity index (χ2n) is 7.34. The molecule has 176 valence electrons. The molecule has 1 aliphatic heterocycles. The van der Waals surface area contributed by atoms with Crippen molar-refractivity contribution in [3.05, 3.63) is 70.4 Å². The number of halogens is 3. The van der Waals surface area contributed by atoms with Crippen LogP contribution in [0.25, 0.3) is 0 Å². The summed E-state index contributed by atoms with van der Waals surface area (Å²) in [6, 6.07) is 9.10. The van der Waals surface area contributed by atoms with Crippen molar-refractivity contribution in [1.82, 2.24) is 9.21 Å². The molecule has 1 heterocycles. The molecule has 0 radical (unpaired) electrons. The highest BCUT2D eigenvalue weighted by Gasteiger charge is 2.29. The minimum atomic E-state index is -3.58. The van der Waals surface area contributed by atoms with Gasteiger partial charge in [0.05, 0.1) is 11.4 Å². The van der Waals surface area contributed by atoms with Gasteiger partial charge in [-0.15, -0.1) is 0 Å². The Kier molecular flexibility index (Phi) is 7.67. The Morgan fingerprint density at radius 1 is 1.09 bits per heavy atom. The minimum absolute atomic E-state index is 0.0709. The lowest BCUT2D eigenvalue weighted by Gasteiger charge is -2.36. The Morgan fingerprint density at radius 3 is 2.21 bits per heavy atom. The van der Waals surface area contributed by atoms with Gasteiger partial charge in [-0.25, -0.2) is 17.2 Å². The average Bonchev–Trinajstić information content (AvgIpc) is 2.75. The Morgan fingerprint density at radius 2 is 1.67 bits per heavy atom. The molecule has 0 bridgehead atoms. The number of hydrogen-bond acceptors (Lipinski definition) is 6. The van der Waals surface area contributed by atoms with E-state index in [2.05, 4.69) is 5.32 Å². The van der Waals surface area contributed by atoms with Crippen molar-refractivity contribution in [2.45, 2.75) is 5.75 Å². The van der Waals surface area contributed by atoms with E-state index in [1.54, 1.807) is 29.2 Å². The predicted octanol–water partition coefficient (Wildman–Crippen LogP) is 2.73. The number of amides is 1. The molecule has 3 rings (SSSR count). The van der Waals surface area contributed by atoms with Crippen molar-refractivity contribution in [3.63, 3.8) is 0 Å². The van der Waals surface area contributed by atoms with Gasteiger partial charge in [0.1, 0.15) is 16.7 Å². The van der Waals surface area contributed by atoms with E-state index in [9.17, 15) is 22.0 Å². The molecule has 1 fully saturated rings. The normalized spacial score (nSPS) is 15.7. The molecule has 0 saturated carbocycles. The third-order valence-electron chi connectivity index (χ3n) is 4.98. The van der Waals surface area contributed by atoms with Crippen molar-refractivity contribution in [2.24, 2.45) is 0 Å². The van der Waals surface area contributed by atoms with Crippen molar-refractivity contribution in [2.75, 3.05) is 37.2 Å². The molecule has 1 saturated heterocycles. The van der Waals surface area contributed by atoms with Gasteiger partial charge in [-0.3, -0.25) is 4.79 Å². The molecule has 1 amide bonds. The van der Waals surface area contributed by atoms with Crippen LogP contribution in [0.1, 0.15) is 5.56 Å². The topological polar surface area (TPSA) is 120 Å². The molecule has 0 aliphatic carbocycles. The Hall–Kier alpha value is -3.02. The van der Waals surface area contributed by atoms with Crippen molar-refractivity contribution in [1.29, 1.82) is 5.41 Å². The van der Waals surface area contributed by atoms with Gasteiger partial charge >= 0.3 is 0 Å². The van der Waals surface area contributed by atoms with Crippen LogP contribution in [0.3, 0.4) is 0 Å². The fourth-order valence-corrected chi connectivity index (χ4v) is 5.08. The number of carbonyl (C=O) groups is 1. The summed E-state index contributed by atoms with van der Waals surface area (Å²) < 4.78 is 53.5. The third kappa shape index (κ3) is 6.28. The molecule has 0 aromatic heterocycles. The average molecular weight is 498 g/mol. The van der Waals surface area contributed by atoms with Gasteiger partial charge in [0.25, 0.3) is 5.91 Å². The van der Waals surface area contributed by atoms with E-state index >= 15 is 0 Å². The van der Waals surface area contributed by atoms with E-state index in [0.29, 0.717) is 17.3 Å². The summed E-state index contributed by atoms with van der Waals surface area (Å²) in [4.78, 5) is 14.0. The minimum Gasteiger partial charge on any atom is -0.399 e. The first-order valence-corrected chi connectivity index (χ1v) is 11.8. The van der Waals surface area contributed by atoms with Gasteiger partial charge in [0.2, 0.25) is 10.0 Å². The SMILES string of the molecule is N=C/C(=C(/Cl)C(=O)Nc1cc(F)cc(F)c1)N1CCN(S(=O)(=O)Cc2ccc(N)cc2)CC1. The van der Waals surface area contributed by atoms with Crippen LogP contribution < -0.4 is 11.1 Å². The largest absolute Gasteiger partial charge is 0.399 e. The van der Waals surface area contributed by atoms with E-state index in [4.69, 9.17) is 22.7 Å². The monoisotopic (exact) mass is 497 g/mol. The number of rotatable bonds is 7. The van der Waals surface area contributed by atoms with Crippen molar-refractivity contribution < 1.29 is 22.0 Å². The predicted molar refractivity (Wildman–Crippen MR) is 123 cm³/mol. The van der Waals surface area contributed by atoms with Crippen LogP contribution in [0.4, 0.5) is 20.2 Å². The van der Waals surface area contributed by atoms with Crippen LogP contribution in [0.5, 0.6) is 0 Å². The Labute approximate surface area is 195 Å². The molecule has 2 aromatic rings. The smallest absolute Gasteiger partial charge is 0.269 e. The van der Waals surface area contributed by atoms with Gasteiger partial charge in [-0.2, -0.15) is 4.31 Å². The zero-order chi connectivity index (χ0) is 24.2. The van der Waals surface area contributed by atoms with Crippen LogP contribution in [0, 0.1) is 17.0 Å². The highest BCUT2D eigenvalue weighted by atomic mass is 35.5. The number of benzene rings is 2. The Bertz CT molecular complexity index is 1160. The van der Waals surface area contributed by atoms with E-state index in [1.165, 1.54) is 4.31 Å². The second kappa shape index (κ2) is 10.3. The lowest BCUT2D eigenvalue weighted by Crippen LogP contribution is -2.49. The number of nitrogens with zero attached hydrogens (tertiary/aromatic N) is 2. The summed E-state index contributed by atoms with van der Waals surface area (Å²) in [6.07, 6.45) is 0.882. The first-order valence-electron chi connectivity index (χ1n) is 9.84. The number of nitrogens with one attached hydrogen (secondary N) is 2. The van der Waals surface area contributed by atoms with Crippen LogP contribution >= 0.6 is 11.6 Å². The van der Waals surface area contributed by atoms with Crippen molar-refractivity contribution in [3.8, 4) is 0 Å². The maximum atomic E-state index is 13.3. The number of carbonyl (C=O) groups excluding carboxylic acids is 1. The summed E-state index contributed by atoms with van der Waals surface area (Å²) in [7, 11) is -3.58. The first kappa shape index (κ1) is 24.6. The summed E-state index contributed by atoms with van der Waals surface area (Å²) in [5.74, 6) is -2.75. The van der Waals surface area contributed by atoms with Crippen LogP contribution in [-0.2, 0) is 20.6 Å². The van der Waals surface area contributed by atoms with Gasteiger partial charge in [0, 0.05) is 49.8 Å². The number of nitrogens with two attached hydrogens (primary N) is 1. The van der Waals surface area contributed by atoms with Crippen LogP contribution in [0.2, 0.25) is 0 Å². The lowest BCUT2D eigenvalue weighted by atomic mass is 10.2. The first-order chi connectivity index (χ1) is 15.6. The van der Waals surface area contributed by atoms with E-state index in [1.807, 2.05) is 0 Å². The third-order valence-corrected chi connectivity index (χ3v) is 7.20. The zero-order valence-corrected chi connectivity index (χ0v) is 19.0. The van der Waals surface area contributed by atoms with Gasteiger partial charge in [0.15, 0.2) is 0 Å². The molecule has 12 heteroatoms. The standard InChI is InChI=1S/C21H22ClF2N5O3S/c22-20(21(30)27-18-10-15(23)9-16(24)11-18)19(12-25)28-5-7-29(8-6-28)33(31,32)13-14-1-3-17(26)4-2-14/h1-4,9-12,25H,5-8,13,26H2,(H,27,30)/b20-19-,25-12?. The molecular formula is C21H22ClF2N5O3S. The van der Waals surface area contributed by atoms with E-state index < -0.39 is 27.6 Å². The Balaban J connectivity index is 1.66. The molecular weight excluding hydrogens is 476 g/mol. The van der Waals surface area contributed by atoms with Crippen molar-refractivity contribution >= 4 is 45.1 Å². The van der Waals surface area contributed by atoms with Gasteiger partial charge in [-0.05, 0) is 29.8 Å². The number of allylic oxidation sites excluding steroid dienone is 1. The van der Waals surface area contributed by atoms with Gasteiger partial charge < -0.3 is 21.4 Å². The molecule has 0 spiro atoms. The van der Waals surface area contributed by atoms with Crippen LogP contribution in [-0.4, -0.2) is 55.9 Å². The second-order valence-corrected chi connectivity index (χ2v) is 9.69. The van der Waals surface area contributed by atoms with Crippen LogP contribution in [0.15, 0.2) is 53.2 Å². The maximum Gasteiger partial charge on any atom is 0.269 e. The molecule has 33 heavy (non-hydrogen) atoms. The molecule has 8 nitrogen and oxygen atoms in total. The highest BCUT2D eigenvalue weighted by molar-refractivity contribution is 7.88. The van der Waals surface area contributed by atoms with E-state index in [0.717, 1.165) is 18.3 Å². The number of sulfonamides is 1. The number of anilines is 2. The molecule has 1 aliphatic rings. The lowest BCUT2D eigenvalue weighted by molar-refractivity contribution is -0.112. The van der Waals surface area contributed by atoms with E-state index in [-0.39, 0.29) is 48.3 Å². The highest BCUT2D eigenvalue weighted by Crippen LogP contribution is 2.21. The maximum absolute atomic E-state index is 13.3. The number of piperazine rings is 1. The zero-order valence-electron chi connectivity index (χ0n) is 17.4. The quantitative estimate of drug-likeness (QED) is 0.309. The summed E-state index contributed by atoms with van der Waals surface area (Å²) in [5, 5.41) is 9.59.